The van der Waals surface area contributed by atoms with Crippen molar-refractivity contribution >= 4 is 33.2 Å². The van der Waals surface area contributed by atoms with Crippen molar-refractivity contribution in [2.45, 2.75) is 19.3 Å². The maximum atomic E-state index is 12.0. The van der Waals surface area contributed by atoms with E-state index in [-0.39, 0.29) is 0 Å². The summed E-state index contributed by atoms with van der Waals surface area (Å²) in [6, 6.07) is 2.10. The van der Waals surface area contributed by atoms with Crippen molar-refractivity contribution in [3.8, 4) is 0 Å². The topological polar surface area (TPSA) is 32.3 Å². The van der Waals surface area contributed by atoms with Gasteiger partial charge in [0.2, 0.25) is 5.91 Å². The molecule has 1 saturated heterocycles. The second-order valence-electron chi connectivity index (χ2n) is 4.22. The summed E-state index contributed by atoms with van der Waals surface area (Å²) >= 11 is 5.15. The van der Waals surface area contributed by atoms with Crippen LogP contribution in [-0.2, 0) is 11.2 Å². The van der Waals surface area contributed by atoms with E-state index in [2.05, 4.69) is 32.7 Å². The first-order valence-corrected chi connectivity index (χ1v) is 7.64. The molecule has 17 heavy (non-hydrogen) atoms. The van der Waals surface area contributed by atoms with Crippen molar-refractivity contribution < 1.29 is 4.79 Å². The maximum absolute atomic E-state index is 12.0. The molecule has 1 aliphatic heterocycles. The smallest absolute Gasteiger partial charge is 0.222 e. The third kappa shape index (κ3) is 4.08. The quantitative estimate of drug-likeness (QED) is 0.927. The molecule has 0 aliphatic carbocycles. The van der Waals surface area contributed by atoms with Gasteiger partial charge in [-0.15, -0.1) is 11.3 Å². The third-order valence-corrected chi connectivity index (χ3v) is 4.66. The van der Waals surface area contributed by atoms with E-state index in [1.54, 1.807) is 11.3 Å². The second kappa shape index (κ2) is 6.52. The highest BCUT2D eigenvalue weighted by molar-refractivity contribution is 9.10. The van der Waals surface area contributed by atoms with Crippen LogP contribution in [0, 0.1) is 0 Å². The highest BCUT2D eigenvalue weighted by atomic mass is 79.9. The van der Waals surface area contributed by atoms with Gasteiger partial charge < -0.3 is 10.2 Å². The molecule has 0 spiro atoms. The molecule has 0 unspecified atom stereocenters. The van der Waals surface area contributed by atoms with Gasteiger partial charge in [0, 0.05) is 40.8 Å². The zero-order chi connectivity index (χ0) is 12.1. The van der Waals surface area contributed by atoms with E-state index in [9.17, 15) is 4.79 Å². The van der Waals surface area contributed by atoms with Gasteiger partial charge in [-0.3, -0.25) is 4.79 Å². The highest BCUT2D eigenvalue weighted by Crippen LogP contribution is 2.21. The number of thiophene rings is 1. The van der Waals surface area contributed by atoms with E-state index in [4.69, 9.17) is 0 Å². The van der Waals surface area contributed by atoms with Crippen molar-refractivity contribution in [1.82, 2.24) is 10.2 Å². The summed E-state index contributed by atoms with van der Waals surface area (Å²) in [5.41, 5.74) is 0. The van der Waals surface area contributed by atoms with Crippen molar-refractivity contribution in [2.75, 3.05) is 26.2 Å². The van der Waals surface area contributed by atoms with Crippen LogP contribution < -0.4 is 5.32 Å². The predicted molar refractivity (Wildman–Crippen MR) is 74.4 cm³/mol. The molecule has 2 heterocycles. The molecule has 5 heteroatoms. The van der Waals surface area contributed by atoms with Gasteiger partial charge in [0.1, 0.15) is 0 Å². The van der Waals surface area contributed by atoms with E-state index in [1.165, 1.54) is 4.88 Å². The van der Waals surface area contributed by atoms with Crippen LogP contribution in [0.25, 0.3) is 0 Å². The minimum atomic E-state index is 0.290. The number of amides is 1. The van der Waals surface area contributed by atoms with E-state index in [0.29, 0.717) is 12.3 Å². The molecule has 0 aromatic carbocycles. The summed E-state index contributed by atoms with van der Waals surface area (Å²) < 4.78 is 1.11. The number of aryl methyl sites for hydroxylation is 1. The molecule has 0 bridgehead atoms. The fourth-order valence-electron chi connectivity index (χ4n) is 1.97. The number of hydrogen-bond acceptors (Lipinski definition) is 3. The summed E-state index contributed by atoms with van der Waals surface area (Å²) in [6.45, 7) is 3.71. The van der Waals surface area contributed by atoms with Crippen LogP contribution in [0.3, 0.4) is 0 Å². The molecule has 0 atom stereocenters. The Labute approximate surface area is 114 Å². The number of nitrogens with zero attached hydrogens (tertiary/aromatic N) is 1. The van der Waals surface area contributed by atoms with Gasteiger partial charge in [0.25, 0.3) is 0 Å². The van der Waals surface area contributed by atoms with Crippen molar-refractivity contribution in [3.63, 3.8) is 0 Å². The summed E-state index contributed by atoms with van der Waals surface area (Å²) in [5, 5.41) is 5.38. The van der Waals surface area contributed by atoms with Crippen LogP contribution in [0.5, 0.6) is 0 Å². The molecular formula is C12H17BrN2OS. The molecule has 0 saturated carbocycles. The lowest BCUT2D eigenvalue weighted by Gasteiger charge is -2.19. The Bertz CT molecular complexity index is 372. The highest BCUT2D eigenvalue weighted by Gasteiger charge is 2.15. The molecule has 1 N–H and O–H groups in total. The molecule has 1 aromatic heterocycles. The number of halogens is 1. The summed E-state index contributed by atoms with van der Waals surface area (Å²) in [7, 11) is 0. The average Bonchev–Trinajstić information content (AvgIpc) is 2.58. The van der Waals surface area contributed by atoms with Gasteiger partial charge >= 0.3 is 0 Å². The van der Waals surface area contributed by atoms with Crippen LogP contribution in [0.2, 0.25) is 0 Å². The molecule has 94 valence electrons. The standard InChI is InChI=1S/C12H17BrN2OS/c13-10-8-11(17-9-10)2-3-12(16)15-6-1-4-14-5-7-15/h8-9,14H,1-7H2. The third-order valence-electron chi connectivity index (χ3n) is 2.90. The van der Waals surface area contributed by atoms with Gasteiger partial charge in [0.15, 0.2) is 0 Å². The monoisotopic (exact) mass is 316 g/mol. The Morgan fingerprint density at radius 1 is 1.47 bits per heavy atom. The summed E-state index contributed by atoms with van der Waals surface area (Å²) in [5.74, 6) is 0.290. The second-order valence-corrected chi connectivity index (χ2v) is 6.13. The van der Waals surface area contributed by atoms with E-state index in [1.807, 2.05) is 4.90 Å². The van der Waals surface area contributed by atoms with Crippen LogP contribution in [-0.4, -0.2) is 37.0 Å². The largest absolute Gasteiger partial charge is 0.341 e. The number of hydrogen-bond donors (Lipinski definition) is 1. The lowest BCUT2D eigenvalue weighted by atomic mass is 10.2. The number of nitrogens with one attached hydrogen (secondary N) is 1. The van der Waals surface area contributed by atoms with Crippen molar-refractivity contribution in [3.05, 3.63) is 20.8 Å². The Hall–Kier alpha value is -0.390. The first kappa shape index (κ1) is 13.1. The summed E-state index contributed by atoms with van der Waals surface area (Å²) in [6.07, 6.45) is 2.56. The molecule has 1 aliphatic rings. The average molecular weight is 317 g/mol. The lowest BCUT2D eigenvalue weighted by Crippen LogP contribution is -2.34. The first-order valence-electron chi connectivity index (χ1n) is 5.97. The van der Waals surface area contributed by atoms with E-state index < -0.39 is 0 Å². The Kier molecular flexibility index (Phi) is 5.00. The first-order chi connectivity index (χ1) is 8.25. The van der Waals surface area contributed by atoms with Crippen LogP contribution in [0.15, 0.2) is 15.9 Å². The van der Waals surface area contributed by atoms with Crippen LogP contribution in [0.4, 0.5) is 0 Å². The normalized spacial score (nSPS) is 16.9. The molecule has 0 radical (unpaired) electrons. The molecule has 2 rings (SSSR count). The van der Waals surface area contributed by atoms with Gasteiger partial charge in [-0.2, -0.15) is 0 Å². The van der Waals surface area contributed by atoms with Crippen molar-refractivity contribution in [1.29, 1.82) is 0 Å². The zero-order valence-corrected chi connectivity index (χ0v) is 12.1. The molecular weight excluding hydrogens is 300 g/mol. The number of carbonyl (C=O) groups is 1. The zero-order valence-electron chi connectivity index (χ0n) is 9.75. The minimum absolute atomic E-state index is 0.290. The van der Waals surface area contributed by atoms with Gasteiger partial charge in [0.05, 0.1) is 0 Å². The number of rotatable bonds is 3. The lowest BCUT2D eigenvalue weighted by molar-refractivity contribution is -0.130. The van der Waals surface area contributed by atoms with E-state index in [0.717, 1.165) is 43.5 Å². The van der Waals surface area contributed by atoms with Gasteiger partial charge in [-0.05, 0) is 41.4 Å². The van der Waals surface area contributed by atoms with Crippen molar-refractivity contribution in [2.24, 2.45) is 0 Å². The predicted octanol–water partition coefficient (Wildman–Crippen LogP) is 2.27. The molecule has 1 fully saturated rings. The Morgan fingerprint density at radius 2 is 2.35 bits per heavy atom. The fourth-order valence-corrected chi connectivity index (χ4v) is 3.42. The Morgan fingerprint density at radius 3 is 3.12 bits per heavy atom. The van der Waals surface area contributed by atoms with Gasteiger partial charge in [-0.1, -0.05) is 0 Å². The fraction of sp³-hybridized carbons (Fsp3) is 0.583. The SMILES string of the molecule is O=C(CCc1cc(Br)cs1)N1CCCNCC1. The maximum Gasteiger partial charge on any atom is 0.222 e. The number of carbonyl (C=O) groups excluding carboxylic acids is 1. The molecule has 1 amide bonds. The molecule has 3 nitrogen and oxygen atoms in total. The Balaban J connectivity index is 1.79. The van der Waals surface area contributed by atoms with Crippen LogP contribution >= 0.6 is 27.3 Å². The molecule has 1 aromatic rings. The minimum Gasteiger partial charge on any atom is -0.341 e. The van der Waals surface area contributed by atoms with Crippen LogP contribution in [0.1, 0.15) is 17.7 Å². The van der Waals surface area contributed by atoms with E-state index >= 15 is 0 Å². The van der Waals surface area contributed by atoms with Gasteiger partial charge in [-0.25, -0.2) is 0 Å². The summed E-state index contributed by atoms with van der Waals surface area (Å²) in [4.78, 5) is 15.3.